The first-order chi connectivity index (χ1) is 10.8. The second-order valence-electron chi connectivity index (χ2n) is 7.61. The molecular weight excluding hydrogens is 278 g/mol. The summed E-state index contributed by atoms with van der Waals surface area (Å²) in [5, 5.41) is 0. The summed E-state index contributed by atoms with van der Waals surface area (Å²) >= 11 is 0. The van der Waals surface area contributed by atoms with Crippen LogP contribution in [-0.2, 0) is 6.42 Å². The van der Waals surface area contributed by atoms with Crippen LogP contribution in [0.1, 0.15) is 64.5 Å². The average molecular weight is 316 g/mol. The smallest absolute Gasteiger partial charge is 0.0295 e. The predicted molar refractivity (Wildman–Crippen MR) is 104 cm³/mol. The fraction of sp³-hybridized carbons (Fsp3) is 0.636. The summed E-state index contributed by atoms with van der Waals surface area (Å²) < 4.78 is 0. The Morgan fingerprint density at radius 3 is 2.26 bits per heavy atom. The van der Waals surface area contributed by atoms with Crippen LogP contribution in [0.2, 0.25) is 0 Å². The Kier molecular flexibility index (Phi) is 8.44. The first kappa shape index (κ1) is 19.8. The number of nitrogens with zero attached hydrogens (tertiary/aromatic N) is 1. The Morgan fingerprint density at radius 2 is 1.70 bits per heavy atom. The van der Waals surface area contributed by atoms with Crippen LogP contribution >= 0.6 is 0 Å². The van der Waals surface area contributed by atoms with Crippen molar-refractivity contribution in [2.45, 2.75) is 72.8 Å². The summed E-state index contributed by atoms with van der Waals surface area (Å²) in [4.78, 5) is 2.37. The Balaban J connectivity index is 2.41. The van der Waals surface area contributed by atoms with Gasteiger partial charge in [0.05, 0.1) is 0 Å². The molecule has 0 spiro atoms. The molecule has 0 N–H and O–H groups in total. The van der Waals surface area contributed by atoms with Gasteiger partial charge in [-0.05, 0) is 56.9 Å². The van der Waals surface area contributed by atoms with Crippen LogP contribution in [0.3, 0.4) is 0 Å². The molecule has 0 heterocycles. The maximum absolute atomic E-state index is 4.33. The highest BCUT2D eigenvalue weighted by molar-refractivity contribution is 5.22. The monoisotopic (exact) mass is 315 g/mol. The molecule has 1 heteroatoms. The van der Waals surface area contributed by atoms with Gasteiger partial charge in [0.1, 0.15) is 0 Å². The largest absolute Gasteiger partial charge is 0.375 e. The van der Waals surface area contributed by atoms with Gasteiger partial charge in [0.25, 0.3) is 0 Å². The molecule has 1 nitrogen and oxygen atoms in total. The third-order valence-corrected chi connectivity index (χ3v) is 5.24. The molecule has 0 saturated carbocycles. The van der Waals surface area contributed by atoms with Crippen molar-refractivity contribution in [2.24, 2.45) is 11.8 Å². The summed E-state index contributed by atoms with van der Waals surface area (Å²) in [5.74, 6) is 1.64. The van der Waals surface area contributed by atoms with Gasteiger partial charge in [-0.1, -0.05) is 63.6 Å². The summed E-state index contributed by atoms with van der Waals surface area (Å²) in [7, 11) is 2.19. The molecule has 1 aromatic carbocycles. The van der Waals surface area contributed by atoms with Gasteiger partial charge in [-0.15, -0.1) is 0 Å². The van der Waals surface area contributed by atoms with E-state index in [1.165, 1.54) is 36.1 Å². The van der Waals surface area contributed by atoms with E-state index in [1.54, 1.807) is 0 Å². The molecule has 0 radical (unpaired) electrons. The lowest BCUT2D eigenvalue weighted by Gasteiger charge is -2.30. The van der Waals surface area contributed by atoms with Crippen LogP contribution in [0.15, 0.2) is 36.5 Å². The number of hydrogen-bond acceptors (Lipinski definition) is 1. The molecule has 3 atom stereocenters. The normalized spacial score (nSPS) is 15.0. The zero-order valence-electron chi connectivity index (χ0n) is 16.2. The third kappa shape index (κ3) is 7.24. The van der Waals surface area contributed by atoms with Crippen molar-refractivity contribution in [3.05, 3.63) is 47.7 Å². The van der Waals surface area contributed by atoms with Crippen molar-refractivity contribution in [1.29, 1.82) is 0 Å². The van der Waals surface area contributed by atoms with Gasteiger partial charge in [-0.3, -0.25) is 0 Å². The fourth-order valence-electron chi connectivity index (χ4n) is 3.07. The van der Waals surface area contributed by atoms with Gasteiger partial charge in [0.2, 0.25) is 0 Å². The van der Waals surface area contributed by atoms with E-state index in [1.807, 2.05) is 0 Å². The third-order valence-electron chi connectivity index (χ3n) is 5.24. The first-order valence-corrected chi connectivity index (χ1v) is 9.29. The zero-order valence-corrected chi connectivity index (χ0v) is 16.2. The minimum Gasteiger partial charge on any atom is -0.375 e. The molecule has 1 aromatic rings. The van der Waals surface area contributed by atoms with E-state index >= 15 is 0 Å². The van der Waals surface area contributed by atoms with Gasteiger partial charge >= 0.3 is 0 Å². The first-order valence-electron chi connectivity index (χ1n) is 9.29. The van der Waals surface area contributed by atoms with Crippen LogP contribution in [0.25, 0.3) is 0 Å². The van der Waals surface area contributed by atoms with E-state index in [9.17, 15) is 0 Å². The minimum atomic E-state index is 0.495. The number of hydrogen-bond donors (Lipinski definition) is 0. The summed E-state index contributed by atoms with van der Waals surface area (Å²) in [6.07, 6.45) is 6.08. The van der Waals surface area contributed by atoms with E-state index in [4.69, 9.17) is 0 Å². The second kappa shape index (κ2) is 9.80. The Morgan fingerprint density at radius 1 is 1.09 bits per heavy atom. The van der Waals surface area contributed by atoms with Crippen LogP contribution in [-0.4, -0.2) is 18.0 Å². The Hall–Kier alpha value is -1.24. The van der Waals surface area contributed by atoms with Gasteiger partial charge < -0.3 is 4.90 Å². The minimum absolute atomic E-state index is 0.495. The van der Waals surface area contributed by atoms with Gasteiger partial charge in [0.15, 0.2) is 0 Å². The molecule has 1 rings (SSSR count). The van der Waals surface area contributed by atoms with Gasteiger partial charge in [-0.25, -0.2) is 0 Å². The molecule has 0 bridgehead atoms. The van der Waals surface area contributed by atoms with Gasteiger partial charge in [-0.2, -0.15) is 0 Å². The lowest BCUT2D eigenvalue weighted by atomic mass is 9.91. The molecular formula is C22H37N. The highest BCUT2D eigenvalue weighted by Crippen LogP contribution is 2.22. The van der Waals surface area contributed by atoms with Crippen molar-refractivity contribution in [1.82, 2.24) is 4.90 Å². The molecule has 0 aliphatic rings. The molecule has 0 saturated heterocycles. The van der Waals surface area contributed by atoms with E-state index in [0.717, 1.165) is 24.7 Å². The molecule has 23 heavy (non-hydrogen) atoms. The van der Waals surface area contributed by atoms with Crippen molar-refractivity contribution in [2.75, 3.05) is 7.05 Å². The molecule has 3 unspecified atom stereocenters. The molecule has 0 aromatic heterocycles. The number of allylic oxidation sites excluding steroid dienone is 1. The lowest BCUT2D eigenvalue weighted by molar-refractivity contribution is 0.299. The van der Waals surface area contributed by atoms with Crippen molar-refractivity contribution < 1.29 is 0 Å². The molecule has 0 aliphatic carbocycles. The van der Waals surface area contributed by atoms with Crippen LogP contribution in [0.5, 0.6) is 0 Å². The van der Waals surface area contributed by atoms with Crippen molar-refractivity contribution in [3.63, 3.8) is 0 Å². The maximum Gasteiger partial charge on any atom is 0.0295 e. The molecule has 0 fully saturated rings. The highest BCUT2D eigenvalue weighted by atomic mass is 15.1. The standard InChI is InChI=1S/C22H37N/c1-8-17(2)15-19(4)9-12-20(5)23(7)21(6)16-22-13-10-18(3)11-14-22/h10-11,13-14,17,19,21H,5,8-9,12,15-16H2,1-4,6-7H3. The molecule has 130 valence electrons. The number of aryl methyl sites for hydroxylation is 1. The van der Waals surface area contributed by atoms with E-state index < -0.39 is 0 Å². The summed E-state index contributed by atoms with van der Waals surface area (Å²) in [6.45, 7) is 15.8. The van der Waals surface area contributed by atoms with Crippen LogP contribution < -0.4 is 0 Å². The van der Waals surface area contributed by atoms with E-state index in [0.29, 0.717) is 6.04 Å². The number of benzene rings is 1. The molecule has 0 amide bonds. The lowest BCUT2D eigenvalue weighted by Crippen LogP contribution is -2.30. The van der Waals surface area contributed by atoms with E-state index in [2.05, 4.69) is 77.4 Å². The predicted octanol–water partition coefficient (Wildman–Crippen LogP) is 6.22. The van der Waals surface area contributed by atoms with Crippen LogP contribution in [0.4, 0.5) is 0 Å². The molecule has 0 aliphatic heterocycles. The SMILES string of the molecule is C=C(CCC(C)CC(C)CC)N(C)C(C)Cc1ccc(C)cc1. The highest BCUT2D eigenvalue weighted by Gasteiger charge is 2.14. The fourth-order valence-corrected chi connectivity index (χ4v) is 3.07. The van der Waals surface area contributed by atoms with Crippen LogP contribution in [0, 0.1) is 18.8 Å². The van der Waals surface area contributed by atoms with Gasteiger partial charge in [0, 0.05) is 18.8 Å². The van der Waals surface area contributed by atoms with Crippen molar-refractivity contribution >= 4 is 0 Å². The zero-order chi connectivity index (χ0) is 17.4. The summed E-state index contributed by atoms with van der Waals surface area (Å²) in [5.41, 5.74) is 4.02. The second-order valence-corrected chi connectivity index (χ2v) is 7.61. The number of likely N-dealkylation sites (N-methyl/N-ethyl adjacent to an activating group) is 1. The summed E-state index contributed by atoms with van der Waals surface area (Å²) in [6, 6.07) is 9.39. The Labute approximate surface area is 144 Å². The topological polar surface area (TPSA) is 3.24 Å². The van der Waals surface area contributed by atoms with Crippen molar-refractivity contribution in [3.8, 4) is 0 Å². The maximum atomic E-state index is 4.33. The van der Waals surface area contributed by atoms with E-state index in [-0.39, 0.29) is 0 Å². The average Bonchev–Trinajstić information content (AvgIpc) is 2.53. The quantitative estimate of drug-likeness (QED) is 0.495. The Bertz CT molecular complexity index is 459. The number of rotatable bonds is 10.